The molecule has 1 saturated heterocycles. The Morgan fingerprint density at radius 2 is 2.05 bits per heavy atom. The maximum Gasteiger partial charge on any atom is 0.254 e. The number of rotatable bonds is 3. The number of halogens is 3. The van der Waals surface area contributed by atoms with Gasteiger partial charge in [0, 0.05) is 11.8 Å². The molecule has 1 aliphatic rings. The molecule has 22 heavy (non-hydrogen) atoms. The van der Waals surface area contributed by atoms with Crippen LogP contribution in [0.2, 0.25) is 0 Å². The SMILES string of the molecule is O=C(c1ccc(F)c(F)c1)N1CC(Oc2ncccc2Br)C1. The van der Waals surface area contributed by atoms with Gasteiger partial charge in [0.25, 0.3) is 5.91 Å². The number of ether oxygens (including phenoxy) is 1. The lowest BCUT2D eigenvalue weighted by molar-refractivity contribution is 0.0156. The summed E-state index contributed by atoms with van der Waals surface area (Å²) in [5.41, 5.74) is 0.122. The van der Waals surface area contributed by atoms with Crippen LogP contribution in [0.1, 0.15) is 10.4 Å². The van der Waals surface area contributed by atoms with Gasteiger partial charge in [-0.05, 0) is 46.3 Å². The van der Waals surface area contributed by atoms with Crippen LogP contribution in [0.5, 0.6) is 5.88 Å². The molecular weight excluding hydrogens is 358 g/mol. The van der Waals surface area contributed by atoms with Crippen LogP contribution in [-0.4, -0.2) is 35.0 Å². The van der Waals surface area contributed by atoms with Gasteiger partial charge in [0.05, 0.1) is 17.6 Å². The fourth-order valence-corrected chi connectivity index (χ4v) is 2.45. The summed E-state index contributed by atoms with van der Waals surface area (Å²) in [5, 5.41) is 0. The van der Waals surface area contributed by atoms with Gasteiger partial charge in [0.2, 0.25) is 5.88 Å². The van der Waals surface area contributed by atoms with Crippen LogP contribution >= 0.6 is 15.9 Å². The predicted molar refractivity (Wildman–Crippen MR) is 78.6 cm³/mol. The molecule has 3 rings (SSSR count). The molecule has 0 spiro atoms. The van der Waals surface area contributed by atoms with Crippen molar-refractivity contribution in [1.29, 1.82) is 0 Å². The van der Waals surface area contributed by atoms with E-state index in [0.717, 1.165) is 16.6 Å². The number of likely N-dealkylation sites (tertiary alicyclic amines) is 1. The van der Waals surface area contributed by atoms with E-state index in [1.54, 1.807) is 12.3 Å². The number of nitrogens with zero attached hydrogens (tertiary/aromatic N) is 2. The Kier molecular flexibility index (Phi) is 4.06. The number of amides is 1. The molecule has 7 heteroatoms. The van der Waals surface area contributed by atoms with Crippen molar-refractivity contribution in [3.05, 3.63) is 58.2 Å². The van der Waals surface area contributed by atoms with Gasteiger partial charge >= 0.3 is 0 Å². The highest BCUT2D eigenvalue weighted by Crippen LogP contribution is 2.25. The molecule has 0 saturated carbocycles. The number of carbonyl (C=O) groups excluding carboxylic acids is 1. The van der Waals surface area contributed by atoms with Gasteiger partial charge in [-0.1, -0.05) is 0 Å². The molecule has 1 aromatic heterocycles. The first kappa shape index (κ1) is 14.9. The lowest BCUT2D eigenvalue weighted by atomic mass is 10.1. The number of pyridine rings is 1. The predicted octanol–water partition coefficient (Wildman–Crippen LogP) is 3.03. The lowest BCUT2D eigenvalue weighted by Crippen LogP contribution is -2.56. The minimum absolute atomic E-state index is 0.122. The first-order valence-corrected chi connectivity index (χ1v) is 7.35. The molecule has 0 N–H and O–H groups in total. The van der Waals surface area contributed by atoms with E-state index in [-0.39, 0.29) is 17.6 Å². The molecule has 2 heterocycles. The number of benzene rings is 1. The van der Waals surface area contributed by atoms with Gasteiger partial charge in [-0.25, -0.2) is 13.8 Å². The van der Waals surface area contributed by atoms with Crippen molar-refractivity contribution >= 4 is 21.8 Å². The fourth-order valence-electron chi connectivity index (χ4n) is 2.11. The molecule has 0 unspecified atom stereocenters. The van der Waals surface area contributed by atoms with E-state index in [9.17, 15) is 13.6 Å². The lowest BCUT2D eigenvalue weighted by Gasteiger charge is -2.38. The summed E-state index contributed by atoms with van der Waals surface area (Å²) < 4.78 is 32.4. The first-order valence-electron chi connectivity index (χ1n) is 6.56. The zero-order chi connectivity index (χ0) is 15.7. The molecule has 0 atom stereocenters. The van der Waals surface area contributed by atoms with E-state index < -0.39 is 11.6 Å². The minimum Gasteiger partial charge on any atom is -0.470 e. The van der Waals surface area contributed by atoms with Crippen molar-refractivity contribution in [1.82, 2.24) is 9.88 Å². The molecule has 1 fully saturated rings. The van der Waals surface area contributed by atoms with Crippen LogP contribution < -0.4 is 4.74 Å². The van der Waals surface area contributed by atoms with Gasteiger partial charge in [-0.15, -0.1) is 0 Å². The van der Waals surface area contributed by atoms with E-state index in [1.807, 2.05) is 6.07 Å². The van der Waals surface area contributed by atoms with E-state index in [1.165, 1.54) is 11.0 Å². The minimum atomic E-state index is -1.03. The van der Waals surface area contributed by atoms with Crippen molar-refractivity contribution in [2.24, 2.45) is 0 Å². The third-order valence-corrected chi connectivity index (χ3v) is 3.91. The summed E-state index contributed by atoms with van der Waals surface area (Å²) in [6, 6.07) is 6.70. The second-order valence-electron chi connectivity index (χ2n) is 4.87. The molecule has 0 bridgehead atoms. The Hall–Kier alpha value is -2.02. The van der Waals surface area contributed by atoms with E-state index in [4.69, 9.17) is 4.74 Å². The summed E-state index contributed by atoms with van der Waals surface area (Å²) in [7, 11) is 0. The smallest absolute Gasteiger partial charge is 0.254 e. The van der Waals surface area contributed by atoms with Gasteiger partial charge in [0.1, 0.15) is 6.10 Å². The second kappa shape index (κ2) is 6.00. The maximum atomic E-state index is 13.1. The first-order chi connectivity index (χ1) is 10.5. The second-order valence-corrected chi connectivity index (χ2v) is 5.72. The van der Waals surface area contributed by atoms with Crippen LogP contribution in [0.15, 0.2) is 41.0 Å². The molecule has 1 amide bonds. The Labute approximate surface area is 133 Å². The van der Waals surface area contributed by atoms with Gasteiger partial charge in [0.15, 0.2) is 11.6 Å². The Balaban J connectivity index is 1.60. The van der Waals surface area contributed by atoms with Crippen molar-refractivity contribution < 1.29 is 18.3 Å². The van der Waals surface area contributed by atoms with E-state index >= 15 is 0 Å². The molecule has 1 aliphatic heterocycles. The number of hydrogen-bond donors (Lipinski definition) is 0. The van der Waals surface area contributed by atoms with Crippen molar-refractivity contribution in [3.8, 4) is 5.88 Å². The van der Waals surface area contributed by atoms with Gasteiger partial charge in [-0.3, -0.25) is 4.79 Å². The Morgan fingerprint density at radius 3 is 2.73 bits per heavy atom. The average Bonchev–Trinajstić information content (AvgIpc) is 2.46. The molecule has 0 radical (unpaired) electrons. The fraction of sp³-hybridized carbons (Fsp3) is 0.200. The van der Waals surface area contributed by atoms with Gasteiger partial charge < -0.3 is 9.64 Å². The zero-order valence-electron chi connectivity index (χ0n) is 11.3. The highest BCUT2D eigenvalue weighted by Gasteiger charge is 2.33. The molecular formula is C15H11BrF2N2O2. The van der Waals surface area contributed by atoms with Crippen LogP contribution in [0.25, 0.3) is 0 Å². The van der Waals surface area contributed by atoms with Crippen molar-refractivity contribution in [2.75, 3.05) is 13.1 Å². The van der Waals surface area contributed by atoms with Crippen molar-refractivity contribution in [2.45, 2.75) is 6.10 Å². The largest absolute Gasteiger partial charge is 0.470 e. The van der Waals surface area contributed by atoms with Crippen molar-refractivity contribution in [3.63, 3.8) is 0 Å². The molecule has 1 aromatic carbocycles. The number of aromatic nitrogens is 1. The van der Waals surface area contributed by atoms with Crippen LogP contribution in [-0.2, 0) is 0 Å². The quantitative estimate of drug-likeness (QED) is 0.836. The van der Waals surface area contributed by atoms with E-state index in [0.29, 0.717) is 19.0 Å². The third-order valence-electron chi connectivity index (χ3n) is 3.30. The maximum absolute atomic E-state index is 13.1. The highest BCUT2D eigenvalue weighted by atomic mass is 79.9. The summed E-state index contributed by atoms with van der Waals surface area (Å²) in [6.45, 7) is 0.752. The van der Waals surface area contributed by atoms with Gasteiger partial charge in [-0.2, -0.15) is 0 Å². The Bertz CT molecular complexity index is 720. The van der Waals surface area contributed by atoms with Crippen LogP contribution in [0, 0.1) is 11.6 Å². The molecule has 114 valence electrons. The summed E-state index contributed by atoms with van der Waals surface area (Å²) in [5.74, 6) is -1.88. The van der Waals surface area contributed by atoms with Crippen LogP contribution in [0.4, 0.5) is 8.78 Å². The molecule has 2 aromatic rings. The monoisotopic (exact) mass is 368 g/mol. The Morgan fingerprint density at radius 1 is 1.27 bits per heavy atom. The standard InChI is InChI=1S/C15H11BrF2N2O2/c16-11-2-1-5-19-14(11)22-10-7-20(8-10)15(21)9-3-4-12(17)13(18)6-9/h1-6,10H,7-8H2. The van der Waals surface area contributed by atoms with Crippen LogP contribution in [0.3, 0.4) is 0 Å². The molecule has 0 aliphatic carbocycles. The average molecular weight is 369 g/mol. The molecule has 4 nitrogen and oxygen atoms in total. The summed E-state index contributed by atoms with van der Waals surface area (Å²) in [6.07, 6.45) is 1.45. The number of carbonyl (C=O) groups is 1. The topological polar surface area (TPSA) is 42.4 Å². The number of hydrogen-bond acceptors (Lipinski definition) is 3. The highest BCUT2D eigenvalue weighted by molar-refractivity contribution is 9.10. The zero-order valence-corrected chi connectivity index (χ0v) is 12.9. The van der Waals surface area contributed by atoms with E-state index in [2.05, 4.69) is 20.9 Å². The summed E-state index contributed by atoms with van der Waals surface area (Å²) >= 11 is 3.33. The normalized spacial score (nSPS) is 14.6. The summed E-state index contributed by atoms with van der Waals surface area (Å²) in [4.78, 5) is 17.7. The third kappa shape index (κ3) is 2.94.